The van der Waals surface area contributed by atoms with Crippen LogP contribution in [0.15, 0.2) is 67.9 Å². The maximum atomic E-state index is 11.7. The van der Waals surface area contributed by atoms with Crippen LogP contribution >= 0.6 is 0 Å². The van der Waals surface area contributed by atoms with Crippen molar-refractivity contribution in [3.8, 4) is 22.4 Å². The van der Waals surface area contributed by atoms with Crippen LogP contribution in [0.3, 0.4) is 0 Å². The van der Waals surface area contributed by atoms with Crippen LogP contribution in [-0.4, -0.2) is 25.8 Å². The minimum atomic E-state index is -0.235. The molecule has 0 saturated heterocycles. The van der Waals surface area contributed by atoms with Gasteiger partial charge >= 0.3 is 0 Å². The van der Waals surface area contributed by atoms with Gasteiger partial charge in [-0.15, -0.1) is 0 Å². The van der Waals surface area contributed by atoms with Crippen molar-refractivity contribution in [3.05, 3.63) is 73.5 Å². The summed E-state index contributed by atoms with van der Waals surface area (Å²) >= 11 is 0. The maximum absolute atomic E-state index is 11.7. The van der Waals surface area contributed by atoms with Crippen LogP contribution in [-0.2, 0) is 11.2 Å². The highest BCUT2D eigenvalue weighted by Gasteiger charge is 2.21. The molecule has 0 unspecified atom stereocenters. The fraction of sp³-hybridized carbons (Fsp3) is 0.231. The van der Waals surface area contributed by atoms with E-state index in [4.69, 9.17) is 0 Å². The molecule has 0 radical (unpaired) electrons. The number of hydrogen-bond donors (Lipinski definition) is 2. The summed E-state index contributed by atoms with van der Waals surface area (Å²) in [6.45, 7) is 3.51. The summed E-state index contributed by atoms with van der Waals surface area (Å²) in [5.74, 6) is 0.691. The minimum absolute atomic E-state index is 0.235. The summed E-state index contributed by atoms with van der Waals surface area (Å²) < 4.78 is 0. The normalized spacial score (nSPS) is 13.2. The number of nitrogens with zero attached hydrogens (tertiary/aromatic N) is 3. The van der Waals surface area contributed by atoms with E-state index >= 15 is 0 Å². The van der Waals surface area contributed by atoms with E-state index in [9.17, 15) is 4.79 Å². The Balaban J connectivity index is 1.48. The van der Waals surface area contributed by atoms with E-state index in [1.807, 2.05) is 42.9 Å². The fourth-order valence-electron chi connectivity index (χ4n) is 4.10. The Morgan fingerprint density at radius 1 is 1.19 bits per heavy atom. The zero-order valence-corrected chi connectivity index (χ0v) is 17.8. The molecule has 32 heavy (non-hydrogen) atoms. The van der Waals surface area contributed by atoms with Gasteiger partial charge in [0, 0.05) is 40.8 Å². The molecular weight excluding hydrogens is 398 g/mol. The molecule has 3 aromatic heterocycles. The number of hydrogen-bond acceptors (Lipinski definition) is 4. The third-order valence-corrected chi connectivity index (χ3v) is 5.98. The highest BCUT2D eigenvalue weighted by Crippen LogP contribution is 2.35. The number of aromatic nitrogens is 4. The second-order valence-corrected chi connectivity index (χ2v) is 8.33. The number of fused-ring (bicyclic) bond motifs is 1. The number of carbonyl (C=O) groups excluding carboxylic acids is 1. The van der Waals surface area contributed by atoms with Gasteiger partial charge in [0.25, 0.3) is 0 Å². The first-order valence-electron chi connectivity index (χ1n) is 11.0. The maximum Gasteiger partial charge on any atom is 0.247 e. The number of nitrogens with one attached hydrogen (secondary N) is 2. The largest absolute Gasteiger partial charge is 0.345 e. The molecule has 1 aliphatic rings. The Bertz CT molecular complexity index is 1290. The molecular formula is C26H25N5O. The molecule has 3 heterocycles. The lowest BCUT2D eigenvalue weighted by molar-refractivity contribution is -0.111. The molecule has 160 valence electrons. The molecule has 1 saturated carbocycles. The predicted octanol–water partition coefficient (Wildman–Crippen LogP) is 5.54. The summed E-state index contributed by atoms with van der Waals surface area (Å²) in [4.78, 5) is 28.5. The number of H-pyrrole nitrogens is 1. The van der Waals surface area contributed by atoms with Crippen LogP contribution in [0.1, 0.15) is 31.2 Å². The lowest BCUT2D eigenvalue weighted by Gasteiger charge is -2.08. The van der Waals surface area contributed by atoms with Gasteiger partial charge in [0.2, 0.25) is 5.91 Å². The van der Waals surface area contributed by atoms with Crippen molar-refractivity contribution in [2.24, 2.45) is 5.92 Å². The van der Waals surface area contributed by atoms with Crippen LogP contribution in [0.4, 0.5) is 5.69 Å². The van der Waals surface area contributed by atoms with Gasteiger partial charge in [0.05, 0.1) is 5.69 Å². The second kappa shape index (κ2) is 8.75. The zero-order chi connectivity index (χ0) is 21.9. The van der Waals surface area contributed by atoms with Crippen LogP contribution in [0.2, 0.25) is 0 Å². The van der Waals surface area contributed by atoms with Crippen LogP contribution < -0.4 is 5.32 Å². The van der Waals surface area contributed by atoms with Crippen molar-refractivity contribution in [2.45, 2.75) is 32.1 Å². The quantitative estimate of drug-likeness (QED) is 0.364. The molecule has 6 nitrogen and oxygen atoms in total. The first-order valence-corrected chi connectivity index (χ1v) is 11.0. The molecule has 0 aliphatic heterocycles. The van der Waals surface area contributed by atoms with E-state index in [1.54, 1.807) is 6.33 Å². The minimum Gasteiger partial charge on any atom is -0.345 e. The van der Waals surface area contributed by atoms with Gasteiger partial charge in [-0.25, -0.2) is 15.0 Å². The van der Waals surface area contributed by atoms with Crippen molar-refractivity contribution in [1.29, 1.82) is 0 Å². The van der Waals surface area contributed by atoms with Crippen molar-refractivity contribution in [1.82, 2.24) is 19.9 Å². The van der Waals surface area contributed by atoms with Gasteiger partial charge in [0.15, 0.2) is 0 Å². The smallest absolute Gasteiger partial charge is 0.247 e. The predicted molar refractivity (Wildman–Crippen MR) is 127 cm³/mol. The zero-order valence-electron chi connectivity index (χ0n) is 17.8. The van der Waals surface area contributed by atoms with Crippen molar-refractivity contribution in [3.63, 3.8) is 0 Å². The average molecular weight is 424 g/mol. The number of aryl methyl sites for hydroxylation is 1. The second-order valence-electron chi connectivity index (χ2n) is 8.33. The van der Waals surface area contributed by atoms with E-state index in [0.717, 1.165) is 51.4 Å². The Hall–Kier alpha value is -3.80. The van der Waals surface area contributed by atoms with Crippen molar-refractivity contribution in [2.75, 3.05) is 5.32 Å². The lowest BCUT2D eigenvalue weighted by Crippen LogP contribution is -2.06. The van der Waals surface area contributed by atoms with Crippen LogP contribution in [0.5, 0.6) is 0 Å². The molecule has 0 bridgehead atoms. The molecule has 6 heteroatoms. The fourth-order valence-corrected chi connectivity index (χ4v) is 4.10. The lowest BCUT2D eigenvalue weighted by atomic mass is 10.00. The monoisotopic (exact) mass is 423 g/mol. The topological polar surface area (TPSA) is 83.6 Å². The van der Waals surface area contributed by atoms with E-state index < -0.39 is 0 Å². The molecule has 4 aromatic rings. The highest BCUT2D eigenvalue weighted by atomic mass is 16.1. The van der Waals surface area contributed by atoms with Gasteiger partial charge in [-0.2, -0.15) is 0 Å². The van der Waals surface area contributed by atoms with Crippen molar-refractivity contribution >= 4 is 22.6 Å². The summed E-state index contributed by atoms with van der Waals surface area (Å²) in [5.41, 5.74) is 6.66. The summed E-state index contributed by atoms with van der Waals surface area (Å²) in [7, 11) is 0. The van der Waals surface area contributed by atoms with Crippen molar-refractivity contribution < 1.29 is 4.79 Å². The molecule has 1 aliphatic carbocycles. The number of anilines is 1. The third-order valence-electron chi connectivity index (χ3n) is 5.98. The number of benzene rings is 1. The highest BCUT2D eigenvalue weighted by molar-refractivity contribution is 5.99. The summed E-state index contributed by atoms with van der Waals surface area (Å²) in [6, 6.07) is 9.84. The van der Waals surface area contributed by atoms with Gasteiger partial charge in [0.1, 0.15) is 12.0 Å². The summed E-state index contributed by atoms with van der Waals surface area (Å²) in [6.07, 6.45) is 14.8. The van der Waals surface area contributed by atoms with Crippen LogP contribution in [0.25, 0.3) is 33.4 Å². The Morgan fingerprint density at radius 2 is 2.09 bits per heavy atom. The molecule has 5 rings (SSSR count). The van der Waals surface area contributed by atoms with E-state index in [-0.39, 0.29) is 5.91 Å². The third kappa shape index (κ3) is 4.30. The molecule has 1 fully saturated rings. The summed E-state index contributed by atoms with van der Waals surface area (Å²) in [5, 5.41) is 3.83. The number of pyridine rings is 1. The van der Waals surface area contributed by atoms with Gasteiger partial charge in [-0.05, 0) is 54.2 Å². The first kappa shape index (κ1) is 20.1. The number of rotatable bonds is 8. The van der Waals surface area contributed by atoms with Gasteiger partial charge < -0.3 is 10.3 Å². The molecule has 0 atom stereocenters. The van der Waals surface area contributed by atoms with E-state index in [0.29, 0.717) is 0 Å². The Morgan fingerprint density at radius 3 is 2.94 bits per heavy atom. The number of amides is 1. The van der Waals surface area contributed by atoms with Gasteiger partial charge in [-0.1, -0.05) is 38.0 Å². The van der Waals surface area contributed by atoms with E-state index in [2.05, 4.69) is 37.9 Å². The average Bonchev–Trinajstić information content (AvgIpc) is 3.56. The van der Waals surface area contributed by atoms with E-state index in [1.165, 1.54) is 37.3 Å². The van der Waals surface area contributed by atoms with Gasteiger partial charge in [-0.3, -0.25) is 4.79 Å². The number of aromatic amines is 1. The van der Waals surface area contributed by atoms with Crippen LogP contribution in [0, 0.1) is 5.92 Å². The SMILES string of the molecule is C=CC(=O)Nc1cccc(-c2cnc3[nH]cc(-c4ncncc4CCCC4CC4)c3c2)c1. The molecule has 0 spiro atoms. The number of carbonyl (C=O) groups is 1. The molecule has 1 aromatic carbocycles. The standard InChI is InChI=1S/C26H25N5O/c1-2-24(32)31-21-8-4-6-18(11-21)20-12-22-23(15-29-26(22)28-14-20)25-19(13-27-16-30-25)7-3-5-17-9-10-17/h2,4,6,8,11-17H,1,3,5,7,9-10H2,(H,28,29)(H,31,32). The molecule has 2 N–H and O–H groups in total. The first-order chi connectivity index (χ1) is 15.7. The molecule has 1 amide bonds. The Kier molecular flexibility index (Phi) is 5.50. The Labute approximate surface area is 186 Å².